The summed E-state index contributed by atoms with van der Waals surface area (Å²) < 4.78 is 10.9. The first kappa shape index (κ1) is 19.1. The van der Waals surface area contributed by atoms with Gasteiger partial charge in [-0.15, -0.1) is 0 Å². The van der Waals surface area contributed by atoms with Gasteiger partial charge in [0.05, 0.1) is 12.2 Å². The van der Waals surface area contributed by atoms with Crippen molar-refractivity contribution in [2.75, 3.05) is 18.5 Å². The second-order valence-electron chi connectivity index (χ2n) is 5.47. The van der Waals surface area contributed by atoms with Crippen LogP contribution in [0.25, 0.3) is 0 Å². The lowest BCUT2D eigenvalue weighted by Crippen LogP contribution is -2.30. The van der Waals surface area contributed by atoms with Crippen molar-refractivity contribution in [3.63, 3.8) is 0 Å². The van der Waals surface area contributed by atoms with Crippen molar-refractivity contribution >= 4 is 21.9 Å². The number of esters is 1. The second-order valence-corrected chi connectivity index (χ2v) is 6.03. The number of ether oxygens (including phenoxy) is 2. The Hall–Kier alpha value is -0.910. The fourth-order valence-electron chi connectivity index (χ4n) is 1.78. The molecule has 0 saturated heterocycles. The zero-order chi connectivity index (χ0) is 16.4. The first-order valence-corrected chi connectivity index (χ1v) is 8.74. The van der Waals surface area contributed by atoms with Crippen LogP contribution in [0.1, 0.15) is 44.8 Å². The average Bonchev–Trinajstić information content (AvgIpc) is 2.57. The number of aliphatic hydroxyl groups is 1. The number of hydrogen-bond acceptors (Lipinski definition) is 4. The van der Waals surface area contributed by atoms with Crippen molar-refractivity contribution in [2.24, 2.45) is 0 Å². The Morgan fingerprint density at radius 3 is 2.50 bits per heavy atom. The Morgan fingerprint density at radius 2 is 1.91 bits per heavy atom. The molecule has 1 rings (SSSR count). The van der Waals surface area contributed by atoms with E-state index in [2.05, 4.69) is 29.8 Å². The van der Waals surface area contributed by atoms with E-state index in [1.165, 1.54) is 0 Å². The third-order valence-corrected chi connectivity index (χ3v) is 4.79. The fraction of sp³-hybridized carbons (Fsp3) is 0.588. The molecular formula is C17H25BrO4. The van der Waals surface area contributed by atoms with Crippen LogP contribution in [0, 0.1) is 0 Å². The van der Waals surface area contributed by atoms with Crippen LogP contribution in [0.3, 0.4) is 0 Å². The Kier molecular flexibility index (Phi) is 8.68. The van der Waals surface area contributed by atoms with E-state index in [0.29, 0.717) is 18.8 Å². The van der Waals surface area contributed by atoms with Gasteiger partial charge in [-0.3, -0.25) is 0 Å². The molecule has 4 nitrogen and oxygen atoms in total. The summed E-state index contributed by atoms with van der Waals surface area (Å²) in [6, 6.07) is 8.78. The Labute approximate surface area is 140 Å². The molecule has 22 heavy (non-hydrogen) atoms. The second kappa shape index (κ2) is 9.98. The number of rotatable bonds is 10. The zero-order valence-corrected chi connectivity index (χ0v) is 14.8. The SMILES string of the molecule is CCC(C)(CBr)OCCCCOC(=O)[C@H](O)c1ccccc1. The molecule has 0 aliphatic heterocycles. The molecule has 0 aliphatic rings. The highest BCUT2D eigenvalue weighted by atomic mass is 79.9. The molecule has 1 aromatic carbocycles. The number of carbonyl (C=O) groups is 1. The minimum absolute atomic E-state index is 0.139. The molecule has 1 aromatic rings. The minimum atomic E-state index is -1.21. The molecule has 1 N–H and O–H groups in total. The average molecular weight is 373 g/mol. The summed E-state index contributed by atoms with van der Waals surface area (Å²) in [7, 11) is 0. The third-order valence-electron chi connectivity index (χ3n) is 3.60. The minimum Gasteiger partial charge on any atom is -0.464 e. The van der Waals surface area contributed by atoms with Gasteiger partial charge < -0.3 is 14.6 Å². The molecule has 2 atom stereocenters. The van der Waals surface area contributed by atoms with Crippen molar-refractivity contribution in [1.29, 1.82) is 0 Å². The van der Waals surface area contributed by atoms with Gasteiger partial charge in [-0.2, -0.15) is 0 Å². The molecule has 0 aromatic heterocycles. The van der Waals surface area contributed by atoms with Crippen molar-refractivity contribution in [1.82, 2.24) is 0 Å². The van der Waals surface area contributed by atoms with Crippen LogP contribution >= 0.6 is 15.9 Å². The van der Waals surface area contributed by atoms with Gasteiger partial charge in [-0.1, -0.05) is 53.2 Å². The number of carbonyl (C=O) groups excluding carboxylic acids is 1. The highest BCUT2D eigenvalue weighted by Gasteiger charge is 2.21. The predicted octanol–water partition coefficient (Wildman–Crippen LogP) is 3.62. The number of hydrogen-bond donors (Lipinski definition) is 1. The van der Waals surface area contributed by atoms with Crippen LogP contribution in [-0.2, 0) is 14.3 Å². The molecule has 0 saturated carbocycles. The Balaban J connectivity index is 2.18. The lowest BCUT2D eigenvalue weighted by Gasteiger charge is -2.26. The number of unbranched alkanes of at least 4 members (excludes halogenated alkanes) is 1. The van der Waals surface area contributed by atoms with Crippen LogP contribution < -0.4 is 0 Å². The molecule has 1 unspecified atom stereocenters. The van der Waals surface area contributed by atoms with Crippen LogP contribution in [0.2, 0.25) is 0 Å². The van der Waals surface area contributed by atoms with E-state index < -0.39 is 12.1 Å². The van der Waals surface area contributed by atoms with Gasteiger partial charge in [0.1, 0.15) is 0 Å². The van der Waals surface area contributed by atoms with Gasteiger partial charge in [0.25, 0.3) is 0 Å². The van der Waals surface area contributed by atoms with Gasteiger partial charge in [-0.25, -0.2) is 4.79 Å². The highest BCUT2D eigenvalue weighted by Crippen LogP contribution is 2.18. The normalized spacial score (nSPS) is 15.1. The number of benzene rings is 1. The maximum atomic E-state index is 11.7. The van der Waals surface area contributed by atoms with Crippen molar-refractivity contribution < 1.29 is 19.4 Å². The quantitative estimate of drug-likeness (QED) is 0.387. The largest absolute Gasteiger partial charge is 0.464 e. The van der Waals surface area contributed by atoms with Crippen LogP contribution in [0.4, 0.5) is 0 Å². The molecule has 0 spiro atoms. The van der Waals surface area contributed by atoms with Crippen molar-refractivity contribution in [2.45, 2.75) is 44.8 Å². The maximum absolute atomic E-state index is 11.7. The first-order chi connectivity index (χ1) is 10.5. The van der Waals surface area contributed by atoms with E-state index in [0.717, 1.165) is 24.6 Å². The lowest BCUT2D eigenvalue weighted by atomic mass is 10.1. The molecule has 0 bridgehead atoms. The first-order valence-electron chi connectivity index (χ1n) is 7.62. The summed E-state index contributed by atoms with van der Waals surface area (Å²) in [4.78, 5) is 11.7. The molecule has 124 valence electrons. The summed E-state index contributed by atoms with van der Waals surface area (Å²) >= 11 is 3.45. The molecule has 0 aliphatic carbocycles. The molecule has 0 amide bonds. The summed E-state index contributed by atoms with van der Waals surface area (Å²) in [5.74, 6) is -0.606. The van der Waals surface area contributed by atoms with Gasteiger partial charge in [0, 0.05) is 11.9 Å². The molecule has 5 heteroatoms. The van der Waals surface area contributed by atoms with E-state index in [9.17, 15) is 9.90 Å². The van der Waals surface area contributed by atoms with Crippen molar-refractivity contribution in [3.05, 3.63) is 35.9 Å². The summed E-state index contributed by atoms with van der Waals surface area (Å²) in [5.41, 5.74) is 0.409. The van der Waals surface area contributed by atoms with Gasteiger partial charge in [0.15, 0.2) is 6.10 Å². The highest BCUT2D eigenvalue weighted by molar-refractivity contribution is 9.09. The summed E-state index contributed by atoms with van der Waals surface area (Å²) in [6.45, 7) is 5.09. The van der Waals surface area contributed by atoms with E-state index in [-0.39, 0.29) is 5.60 Å². The van der Waals surface area contributed by atoms with Crippen LogP contribution in [0.15, 0.2) is 30.3 Å². The smallest absolute Gasteiger partial charge is 0.339 e. The lowest BCUT2D eigenvalue weighted by molar-refractivity contribution is -0.154. The maximum Gasteiger partial charge on any atom is 0.339 e. The van der Waals surface area contributed by atoms with Gasteiger partial charge in [0.2, 0.25) is 0 Å². The number of aliphatic hydroxyl groups excluding tert-OH is 1. The van der Waals surface area contributed by atoms with E-state index in [1.807, 2.05) is 6.07 Å². The molecule has 0 fully saturated rings. The van der Waals surface area contributed by atoms with E-state index >= 15 is 0 Å². The van der Waals surface area contributed by atoms with Gasteiger partial charge in [-0.05, 0) is 31.7 Å². The van der Waals surface area contributed by atoms with Gasteiger partial charge >= 0.3 is 5.97 Å². The summed E-state index contributed by atoms with van der Waals surface area (Å²) in [5, 5.41) is 10.7. The number of alkyl halides is 1. The van der Waals surface area contributed by atoms with Crippen LogP contribution in [0.5, 0.6) is 0 Å². The van der Waals surface area contributed by atoms with E-state index in [1.54, 1.807) is 24.3 Å². The zero-order valence-electron chi connectivity index (χ0n) is 13.3. The third kappa shape index (κ3) is 6.46. The predicted molar refractivity (Wildman–Crippen MR) is 90.0 cm³/mol. The molecule has 0 radical (unpaired) electrons. The Bertz CT molecular complexity index is 432. The topological polar surface area (TPSA) is 55.8 Å². The van der Waals surface area contributed by atoms with Crippen LogP contribution in [-0.4, -0.2) is 35.2 Å². The summed E-state index contributed by atoms with van der Waals surface area (Å²) in [6.07, 6.45) is 1.26. The fourth-order valence-corrected chi connectivity index (χ4v) is 2.34. The number of halogens is 1. The Morgan fingerprint density at radius 1 is 1.27 bits per heavy atom. The molecule has 0 heterocycles. The standard InChI is InChI=1S/C17H25BrO4/c1-3-17(2,13-18)22-12-8-7-11-21-16(20)15(19)14-9-5-4-6-10-14/h4-6,9-10,15,19H,3,7-8,11-13H2,1-2H3/t15-,17?/m1/s1. The molecular weight excluding hydrogens is 348 g/mol. The monoisotopic (exact) mass is 372 g/mol. The van der Waals surface area contributed by atoms with E-state index in [4.69, 9.17) is 9.47 Å². The van der Waals surface area contributed by atoms with Crippen molar-refractivity contribution in [3.8, 4) is 0 Å².